The summed E-state index contributed by atoms with van der Waals surface area (Å²) in [5.41, 5.74) is 7.13. The summed E-state index contributed by atoms with van der Waals surface area (Å²) < 4.78 is 1.22. The quantitative estimate of drug-likeness (QED) is 0.231. The number of hydrogen-bond donors (Lipinski definition) is 0. The summed E-state index contributed by atoms with van der Waals surface area (Å²) >= 11 is 1.74. The van der Waals surface area contributed by atoms with Gasteiger partial charge in [-0.3, -0.25) is 4.98 Å². The molecule has 0 saturated heterocycles. The summed E-state index contributed by atoms with van der Waals surface area (Å²) in [5, 5.41) is 8.84. The Hall–Kier alpha value is -4.60. The van der Waals surface area contributed by atoms with Crippen LogP contribution in [-0.2, 0) is 0 Å². The van der Waals surface area contributed by atoms with Crippen molar-refractivity contribution in [3.05, 3.63) is 122 Å². The molecular formula is C34H20N2S. The fourth-order valence-corrected chi connectivity index (χ4v) is 6.60. The van der Waals surface area contributed by atoms with Crippen LogP contribution in [-0.4, -0.2) is 9.97 Å². The third kappa shape index (κ3) is 3.18. The summed E-state index contributed by atoms with van der Waals surface area (Å²) in [6.07, 6.45) is 3.73. The van der Waals surface area contributed by atoms with E-state index in [2.05, 4.69) is 108 Å². The molecule has 37 heavy (non-hydrogen) atoms. The van der Waals surface area contributed by atoms with Crippen LogP contribution < -0.4 is 0 Å². The SMILES string of the molecule is c1ccc2sc(-c3ccc(-c4ccc5ccc6c(-c7ccncc7)ccc7ccc4c5c76)cc3)nc2c1. The molecule has 2 heterocycles. The van der Waals surface area contributed by atoms with E-state index in [0.29, 0.717) is 0 Å². The lowest BCUT2D eigenvalue weighted by Gasteiger charge is -2.16. The molecule has 2 nitrogen and oxygen atoms in total. The van der Waals surface area contributed by atoms with Gasteiger partial charge in [0.25, 0.3) is 0 Å². The molecule has 0 amide bonds. The van der Waals surface area contributed by atoms with Gasteiger partial charge < -0.3 is 0 Å². The standard InChI is InChI=1S/C34H20N2S/c1-2-4-31-30(3-1)36-34(37-31)25-7-5-21(6-8-25)26-13-9-23-12-16-29-27(22-17-19-35-20-18-22)14-10-24-11-15-28(26)32(23)33(24)29/h1-20H. The molecule has 0 aliphatic carbocycles. The maximum atomic E-state index is 4.84. The summed E-state index contributed by atoms with van der Waals surface area (Å²) in [4.78, 5) is 9.05. The summed E-state index contributed by atoms with van der Waals surface area (Å²) in [6.45, 7) is 0. The van der Waals surface area contributed by atoms with Gasteiger partial charge in [0.05, 0.1) is 10.2 Å². The van der Waals surface area contributed by atoms with E-state index in [1.807, 2.05) is 18.5 Å². The monoisotopic (exact) mass is 488 g/mol. The Balaban J connectivity index is 1.30. The van der Waals surface area contributed by atoms with Crippen LogP contribution >= 0.6 is 11.3 Å². The second kappa shape index (κ2) is 7.95. The van der Waals surface area contributed by atoms with Crippen molar-refractivity contribution in [1.29, 1.82) is 0 Å². The van der Waals surface area contributed by atoms with Gasteiger partial charge in [-0.2, -0.15) is 0 Å². The minimum absolute atomic E-state index is 1.06. The molecule has 0 radical (unpaired) electrons. The number of aromatic nitrogens is 2. The van der Waals surface area contributed by atoms with Gasteiger partial charge in [-0.25, -0.2) is 4.98 Å². The van der Waals surface area contributed by atoms with Crippen molar-refractivity contribution in [3.8, 4) is 32.8 Å². The third-order valence-corrected chi connectivity index (χ3v) is 8.48. The predicted molar refractivity (Wildman–Crippen MR) is 157 cm³/mol. The highest BCUT2D eigenvalue weighted by atomic mass is 32.1. The van der Waals surface area contributed by atoms with Gasteiger partial charge in [0.2, 0.25) is 0 Å². The van der Waals surface area contributed by atoms with Crippen molar-refractivity contribution in [3.63, 3.8) is 0 Å². The number of rotatable bonds is 3. The van der Waals surface area contributed by atoms with Crippen LogP contribution in [0.2, 0.25) is 0 Å². The van der Waals surface area contributed by atoms with Crippen molar-refractivity contribution >= 4 is 53.9 Å². The van der Waals surface area contributed by atoms with Crippen molar-refractivity contribution in [1.82, 2.24) is 9.97 Å². The number of fused-ring (bicyclic) bond motifs is 1. The number of nitrogens with zero attached hydrogens (tertiary/aromatic N) is 2. The van der Waals surface area contributed by atoms with Crippen LogP contribution in [0.1, 0.15) is 0 Å². The second-order valence-electron chi connectivity index (χ2n) is 9.45. The lowest BCUT2D eigenvalue weighted by molar-refractivity contribution is 1.33. The van der Waals surface area contributed by atoms with E-state index in [1.165, 1.54) is 59.3 Å². The Morgan fingerprint density at radius 2 is 1.05 bits per heavy atom. The van der Waals surface area contributed by atoms with Gasteiger partial charge >= 0.3 is 0 Å². The molecule has 0 saturated carbocycles. The normalized spacial score (nSPS) is 11.8. The fourth-order valence-electron chi connectivity index (χ4n) is 5.62. The average Bonchev–Trinajstić information content (AvgIpc) is 3.41. The molecule has 2 aromatic heterocycles. The lowest BCUT2D eigenvalue weighted by Crippen LogP contribution is -1.89. The Labute approximate surface area is 217 Å². The molecule has 0 unspecified atom stereocenters. The largest absolute Gasteiger partial charge is 0.265 e. The van der Waals surface area contributed by atoms with Gasteiger partial charge in [0, 0.05) is 18.0 Å². The number of pyridine rings is 1. The molecule has 3 heteroatoms. The molecule has 0 aliphatic rings. The van der Waals surface area contributed by atoms with Crippen LogP contribution in [0, 0.1) is 0 Å². The van der Waals surface area contributed by atoms with E-state index >= 15 is 0 Å². The molecular weight excluding hydrogens is 468 g/mol. The van der Waals surface area contributed by atoms with Gasteiger partial charge in [0.1, 0.15) is 5.01 Å². The number of benzene rings is 6. The zero-order valence-corrected chi connectivity index (χ0v) is 20.7. The first-order valence-corrected chi connectivity index (χ1v) is 13.2. The first-order chi connectivity index (χ1) is 18.3. The molecule has 0 atom stereocenters. The maximum Gasteiger partial charge on any atom is 0.124 e. The van der Waals surface area contributed by atoms with Crippen LogP contribution in [0.5, 0.6) is 0 Å². The van der Waals surface area contributed by atoms with Crippen LogP contribution in [0.15, 0.2) is 122 Å². The third-order valence-electron chi connectivity index (χ3n) is 7.39. The Bertz CT molecular complexity index is 2040. The predicted octanol–water partition coefficient (Wildman–Crippen LogP) is 9.59. The highest BCUT2D eigenvalue weighted by Crippen LogP contribution is 2.42. The van der Waals surface area contributed by atoms with Crippen LogP contribution in [0.25, 0.3) is 75.4 Å². The molecule has 0 spiro atoms. The van der Waals surface area contributed by atoms with Crippen molar-refractivity contribution in [2.75, 3.05) is 0 Å². The Morgan fingerprint density at radius 1 is 0.486 bits per heavy atom. The molecule has 8 rings (SSSR count). The van der Waals surface area contributed by atoms with E-state index < -0.39 is 0 Å². The molecule has 0 aliphatic heterocycles. The van der Waals surface area contributed by atoms with E-state index in [1.54, 1.807) is 11.3 Å². The Kier molecular flexibility index (Phi) is 4.42. The van der Waals surface area contributed by atoms with Crippen molar-refractivity contribution in [2.24, 2.45) is 0 Å². The first kappa shape index (κ1) is 20.6. The number of thiazole rings is 1. The number of para-hydroxylation sites is 1. The summed E-state index contributed by atoms with van der Waals surface area (Å²) in [7, 11) is 0. The minimum atomic E-state index is 1.06. The molecule has 6 aromatic carbocycles. The van der Waals surface area contributed by atoms with Gasteiger partial charge in [-0.15, -0.1) is 11.3 Å². The smallest absolute Gasteiger partial charge is 0.124 e. The van der Waals surface area contributed by atoms with Gasteiger partial charge in [0.15, 0.2) is 0 Å². The first-order valence-electron chi connectivity index (χ1n) is 12.4. The molecule has 0 fully saturated rings. The molecule has 172 valence electrons. The molecule has 0 bridgehead atoms. The van der Waals surface area contributed by atoms with Crippen molar-refractivity contribution in [2.45, 2.75) is 0 Å². The highest BCUT2D eigenvalue weighted by Gasteiger charge is 2.15. The zero-order chi connectivity index (χ0) is 24.3. The lowest BCUT2D eigenvalue weighted by atomic mass is 9.87. The average molecular weight is 489 g/mol. The van der Waals surface area contributed by atoms with Gasteiger partial charge in [-0.1, -0.05) is 84.9 Å². The van der Waals surface area contributed by atoms with E-state index in [4.69, 9.17) is 4.98 Å². The fraction of sp³-hybridized carbons (Fsp3) is 0. The van der Waals surface area contributed by atoms with E-state index in [0.717, 1.165) is 16.1 Å². The van der Waals surface area contributed by atoms with Gasteiger partial charge in [-0.05, 0) is 78.8 Å². The molecule has 0 N–H and O–H groups in total. The van der Waals surface area contributed by atoms with Crippen LogP contribution in [0.3, 0.4) is 0 Å². The molecule has 8 aromatic rings. The zero-order valence-electron chi connectivity index (χ0n) is 19.8. The topological polar surface area (TPSA) is 25.8 Å². The Morgan fingerprint density at radius 3 is 1.70 bits per heavy atom. The van der Waals surface area contributed by atoms with Crippen LogP contribution in [0.4, 0.5) is 0 Å². The van der Waals surface area contributed by atoms with E-state index in [-0.39, 0.29) is 0 Å². The van der Waals surface area contributed by atoms with E-state index in [9.17, 15) is 0 Å². The highest BCUT2D eigenvalue weighted by molar-refractivity contribution is 7.21. The summed E-state index contributed by atoms with van der Waals surface area (Å²) in [6, 6.07) is 39.5. The minimum Gasteiger partial charge on any atom is -0.265 e. The summed E-state index contributed by atoms with van der Waals surface area (Å²) in [5.74, 6) is 0. The van der Waals surface area contributed by atoms with Crippen molar-refractivity contribution < 1.29 is 0 Å². The number of hydrogen-bond acceptors (Lipinski definition) is 3. The second-order valence-corrected chi connectivity index (χ2v) is 10.5. The maximum absolute atomic E-state index is 4.84.